The van der Waals surface area contributed by atoms with Gasteiger partial charge in [0.05, 0.1) is 0 Å². The van der Waals surface area contributed by atoms with Crippen LogP contribution in [0, 0.1) is 0 Å². The molecule has 0 spiro atoms. The second-order valence-electron chi connectivity index (χ2n) is 5.76. The first-order valence-corrected chi connectivity index (χ1v) is 7.38. The van der Waals surface area contributed by atoms with Crippen molar-refractivity contribution in [2.24, 2.45) is 7.05 Å². The summed E-state index contributed by atoms with van der Waals surface area (Å²) >= 11 is 0. The van der Waals surface area contributed by atoms with Crippen molar-refractivity contribution in [1.82, 2.24) is 19.2 Å². The Kier molecular flexibility index (Phi) is 4.30. The van der Waals surface area contributed by atoms with E-state index in [0.717, 1.165) is 25.2 Å². The first-order chi connectivity index (χ1) is 9.45. The van der Waals surface area contributed by atoms with Gasteiger partial charge in [-0.3, -0.25) is 9.36 Å². The zero-order chi connectivity index (χ0) is 14.9. The normalized spacial score (nSPS) is 19.6. The van der Waals surface area contributed by atoms with Gasteiger partial charge in [-0.25, -0.2) is 9.48 Å². The highest BCUT2D eigenvalue weighted by Crippen LogP contribution is 2.26. The van der Waals surface area contributed by atoms with E-state index in [2.05, 4.69) is 5.10 Å². The molecule has 1 aliphatic heterocycles. The molecule has 0 radical (unpaired) electrons. The molecule has 1 aromatic rings. The first-order valence-electron chi connectivity index (χ1n) is 7.38. The van der Waals surface area contributed by atoms with Gasteiger partial charge in [-0.2, -0.15) is 5.10 Å². The molecule has 0 N–H and O–H groups in total. The maximum Gasteiger partial charge on any atom is 0.345 e. The van der Waals surface area contributed by atoms with E-state index in [0.29, 0.717) is 13.0 Å². The van der Waals surface area contributed by atoms with E-state index >= 15 is 0 Å². The number of hydrogen-bond acceptors (Lipinski definition) is 3. The van der Waals surface area contributed by atoms with Gasteiger partial charge in [0.2, 0.25) is 5.91 Å². The molecule has 1 saturated heterocycles. The molecule has 2 rings (SSSR count). The molecule has 1 unspecified atom stereocenters. The van der Waals surface area contributed by atoms with E-state index < -0.39 is 0 Å². The van der Waals surface area contributed by atoms with Gasteiger partial charge in [-0.1, -0.05) is 6.92 Å². The number of piperidine rings is 1. The predicted octanol–water partition coefficient (Wildman–Crippen LogP) is 1.28. The minimum atomic E-state index is -0.0751. The molecule has 1 atom stereocenters. The molecule has 20 heavy (non-hydrogen) atoms. The van der Waals surface area contributed by atoms with Gasteiger partial charge >= 0.3 is 5.69 Å². The predicted molar refractivity (Wildman–Crippen MR) is 76.7 cm³/mol. The fourth-order valence-corrected chi connectivity index (χ4v) is 2.90. The number of aryl methyl sites for hydroxylation is 1. The van der Waals surface area contributed by atoms with Crippen molar-refractivity contribution in [2.45, 2.75) is 52.0 Å². The molecule has 1 fully saturated rings. The molecule has 1 aromatic heterocycles. The Morgan fingerprint density at radius 2 is 2.15 bits per heavy atom. The van der Waals surface area contributed by atoms with Gasteiger partial charge in [0.25, 0.3) is 0 Å². The van der Waals surface area contributed by atoms with Crippen LogP contribution in [0.4, 0.5) is 0 Å². The number of carbonyl (C=O) groups is 1. The fourth-order valence-electron chi connectivity index (χ4n) is 2.90. The molecule has 112 valence electrons. The van der Waals surface area contributed by atoms with Crippen LogP contribution in [0.3, 0.4) is 0 Å². The van der Waals surface area contributed by atoms with Crippen LogP contribution in [-0.4, -0.2) is 38.2 Å². The number of aromatic nitrogens is 3. The quantitative estimate of drug-likeness (QED) is 0.838. The summed E-state index contributed by atoms with van der Waals surface area (Å²) in [6, 6.07) is 0.0865. The summed E-state index contributed by atoms with van der Waals surface area (Å²) in [5.41, 5.74) is -0.0751. The number of nitrogens with zero attached hydrogens (tertiary/aromatic N) is 4. The number of likely N-dealkylation sites (tertiary alicyclic amines) is 1. The SMILES string of the molecule is CCC(=O)N1CCCC(c2nn(C)c(=O)n2C(C)C)C1. The highest BCUT2D eigenvalue weighted by Gasteiger charge is 2.29. The third-order valence-electron chi connectivity index (χ3n) is 3.94. The summed E-state index contributed by atoms with van der Waals surface area (Å²) in [7, 11) is 1.68. The third-order valence-corrected chi connectivity index (χ3v) is 3.94. The second kappa shape index (κ2) is 5.81. The lowest BCUT2D eigenvalue weighted by molar-refractivity contribution is -0.132. The Bertz CT molecular complexity index is 544. The minimum absolute atomic E-state index is 0.0751. The van der Waals surface area contributed by atoms with Crippen LogP contribution >= 0.6 is 0 Å². The number of rotatable bonds is 3. The maximum absolute atomic E-state index is 12.1. The molecule has 6 heteroatoms. The zero-order valence-corrected chi connectivity index (χ0v) is 12.8. The lowest BCUT2D eigenvalue weighted by atomic mass is 9.96. The van der Waals surface area contributed by atoms with E-state index in [9.17, 15) is 9.59 Å². The average Bonchev–Trinajstić information content (AvgIpc) is 2.74. The van der Waals surface area contributed by atoms with Gasteiger partial charge < -0.3 is 4.90 Å². The van der Waals surface area contributed by atoms with E-state index in [1.807, 2.05) is 25.7 Å². The number of amides is 1. The zero-order valence-electron chi connectivity index (χ0n) is 12.8. The Morgan fingerprint density at radius 1 is 1.45 bits per heavy atom. The first kappa shape index (κ1) is 14.8. The fraction of sp³-hybridized carbons (Fsp3) is 0.786. The van der Waals surface area contributed by atoms with Gasteiger partial charge in [-0.15, -0.1) is 0 Å². The molecule has 0 aliphatic carbocycles. The number of carbonyl (C=O) groups excluding carboxylic acids is 1. The monoisotopic (exact) mass is 280 g/mol. The van der Waals surface area contributed by atoms with Crippen LogP contribution < -0.4 is 5.69 Å². The third kappa shape index (κ3) is 2.64. The van der Waals surface area contributed by atoms with Crippen LogP contribution in [0.1, 0.15) is 57.8 Å². The molecule has 6 nitrogen and oxygen atoms in total. The van der Waals surface area contributed by atoms with E-state index in [1.165, 1.54) is 4.68 Å². The topological polar surface area (TPSA) is 60.1 Å². The van der Waals surface area contributed by atoms with Gasteiger partial charge in [0.15, 0.2) is 0 Å². The van der Waals surface area contributed by atoms with Crippen LogP contribution in [-0.2, 0) is 11.8 Å². The second-order valence-corrected chi connectivity index (χ2v) is 5.76. The molecule has 2 heterocycles. The molecule has 1 aliphatic rings. The summed E-state index contributed by atoms with van der Waals surface area (Å²) in [5, 5.41) is 4.40. The number of hydrogen-bond donors (Lipinski definition) is 0. The molecule has 0 saturated carbocycles. The van der Waals surface area contributed by atoms with Crippen molar-refractivity contribution in [1.29, 1.82) is 0 Å². The standard InChI is InChI=1S/C14H24N4O2/c1-5-12(19)17-8-6-7-11(9-17)13-15-16(4)14(20)18(13)10(2)3/h10-11H,5-9H2,1-4H3. The Labute approximate surface area is 119 Å². The van der Waals surface area contributed by atoms with Crippen LogP contribution in [0.2, 0.25) is 0 Å². The van der Waals surface area contributed by atoms with E-state index in [4.69, 9.17) is 0 Å². The van der Waals surface area contributed by atoms with Gasteiger partial charge in [-0.05, 0) is 26.7 Å². The van der Waals surface area contributed by atoms with Crippen molar-refractivity contribution in [2.75, 3.05) is 13.1 Å². The van der Waals surface area contributed by atoms with Crippen LogP contribution in [0.25, 0.3) is 0 Å². The lowest BCUT2D eigenvalue weighted by Gasteiger charge is -2.32. The highest BCUT2D eigenvalue weighted by atomic mass is 16.2. The van der Waals surface area contributed by atoms with Crippen molar-refractivity contribution in [3.05, 3.63) is 16.3 Å². The van der Waals surface area contributed by atoms with Crippen molar-refractivity contribution >= 4 is 5.91 Å². The molecular formula is C14H24N4O2. The maximum atomic E-state index is 12.1. The largest absolute Gasteiger partial charge is 0.345 e. The van der Waals surface area contributed by atoms with Crippen molar-refractivity contribution < 1.29 is 4.79 Å². The summed E-state index contributed by atoms with van der Waals surface area (Å²) in [4.78, 5) is 25.9. The minimum Gasteiger partial charge on any atom is -0.342 e. The molecule has 0 bridgehead atoms. The Balaban J connectivity index is 2.30. The van der Waals surface area contributed by atoms with Gasteiger partial charge in [0.1, 0.15) is 5.82 Å². The van der Waals surface area contributed by atoms with Crippen molar-refractivity contribution in [3.8, 4) is 0 Å². The summed E-state index contributed by atoms with van der Waals surface area (Å²) in [6.45, 7) is 7.36. The Hall–Kier alpha value is -1.59. The molecule has 0 aromatic carbocycles. The summed E-state index contributed by atoms with van der Waals surface area (Å²) < 4.78 is 3.15. The summed E-state index contributed by atoms with van der Waals surface area (Å²) in [5.74, 6) is 1.17. The van der Waals surface area contributed by atoms with Crippen LogP contribution in [0.5, 0.6) is 0 Å². The average molecular weight is 280 g/mol. The molecular weight excluding hydrogens is 256 g/mol. The van der Waals surface area contributed by atoms with Crippen molar-refractivity contribution in [3.63, 3.8) is 0 Å². The van der Waals surface area contributed by atoms with Gasteiger partial charge in [0, 0.05) is 38.5 Å². The van der Waals surface area contributed by atoms with Crippen LogP contribution in [0.15, 0.2) is 4.79 Å². The smallest absolute Gasteiger partial charge is 0.342 e. The Morgan fingerprint density at radius 3 is 2.75 bits per heavy atom. The lowest BCUT2D eigenvalue weighted by Crippen LogP contribution is -2.39. The summed E-state index contributed by atoms with van der Waals surface area (Å²) in [6.07, 6.45) is 2.49. The van der Waals surface area contributed by atoms with E-state index in [-0.39, 0.29) is 23.6 Å². The van der Waals surface area contributed by atoms with E-state index in [1.54, 1.807) is 11.6 Å². The molecule has 1 amide bonds. The highest BCUT2D eigenvalue weighted by molar-refractivity contribution is 5.75.